The minimum atomic E-state index is 0. The van der Waals surface area contributed by atoms with E-state index in [2.05, 4.69) is 39.0 Å². The molecule has 1 saturated heterocycles. The zero-order valence-electron chi connectivity index (χ0n) is 16.9. The molecule has 0 atom stereocenters. The van der Waals surface area contributed by atoms with Gasteiger partial charge in [0.15, 0.2) is 0 Å². The predicted octanol–water partition coefficient (Wildman–Crippen LogP) is 0.332. The number of carbonyl (C=O) groups excluding carboxylic acids is 1. The quantitative estimate of drug-likeness (QED) is 0.622. The van der Waals surface area contributed by atoms with Crippen LogP contribution in [0.1, 0.15) is 5.69 Å². The molecule has 1 aliphatic rings. The fourth-order valence-corrected chi connectivity index (χ4v) is 3.79. The first-order chi connectivity index (χ1) is 13.6. The van der Waals surface area contributed by atoms with Gasteiger partial charge in [-0.25, -0.2) is 0 Å². The third kappa shape index (κ3) is 4.69. The molecular formula is C23H26ClN4O-. The number of fused-ring (bicyclic) bond motifs is 1. The van der Waals surface area contributed by atoms with Crippen LogP contribution in [0.2, 0.25) is 0 Å². The summed E-state index contributed by atoms with van der Waals surface area (Å²) in [5.74, 6) is 0.129. The smallest absolute Gasteiger partial charge is 0.240 e. The maximum Gasteiger partial charge on any atom is 0.240 e. The summed E-state index contributed by atoms with van der Waals surface area (Å²) >= 11 is 0. The van der Waals surface area contributed by atoms with Gasteiger partial charge in [0.2, 0.25) is 5.91 Å². The number of likely N-dealkylation sites (N-methyl/N-ethyl adjacent to an activating group) is 1. The lowest BCUT2D eigenvalue weighted by Gasteiger charge is -2.36. The van der Waals surface area contributed by atoms with Crippen molar-refractivity contribution in [2.45, 2.75) is 6.92 Å². The molecule has 4 rings (SSSR count). The molecule has 152 valence electrons. The van der Waals surface area contributed by atoms with Crippen LogP contribution in [0.3, 0.4) is 0 Å². The Kier molecular flexibility index (Phi) is 6.72. The predicted molar refractivity (Wildman–Crippen MR) is 115 cm³/mol. The summed E-state index contributed by atoms with van der Waals surface area (Å²) in [6.45, 7) is 6.08. The second-order valence-electron chi connectivity index (χ2n) is 7.35. The molecule has 0 aliphatic carbocycles. The van der Waals surface area contributed by atoms with Crippen molar-refractivity contribution in [3.8, 4) is 0 Å². The third-order valence-electron chi connectivity index (χ3n) is 5.41. The average molecular weight is 410 g/mol. The van der Waals surface area contributed by atoms with Gasteiger partial charge in [-0.2, -0.15) is 0 Å². The minimum absolute atomic E-state index is 0. The van der Waals surface area contributed by atoms with Gasteiger partial charge in [0.1, 0.15) is 0 Å². The average Bonchev–Trinajstić information content (AvgIpc) is 2.73. The topological polar surface area (TPSA) is 39.7 Å². The molecule has 5 nitrogen and oxygen atoms in total. The highest BCUT2D eigenvalue weighted by atomic mass is 35.5. The van der Waals surface area contributed by atoms with Gasteiger partial charge in [0.25, 0.3) is 0 Å². The van der Waals surface area contributed by atoms with Crippen LogP contribution in [0.25, 0.3) is 10.9 Å². The summed E-state index contributed by atoms with van der Waals surface area (Å²) in [6, 6.07) is 20.3. The second-order valence-corrected chi connectivity index (χ2v) is 7.35. The number of hydrogen-bond donors (Lipinski definition) is 0. The summed E-state index contributed by atoms with van der Waals surface area (Å²) in [5, 5.41) is 1.20. The number of rotatable bonds is 4. The number of carbonyl (C=O) groups is 1. The molecule has 1 aromatic heterocycles. The van der Waals surface area contributed by atoms with Crippen LogP contribution in [0.15, 0.2) is 60.7 Å². The van der Waals surface area contributed by atoms with E-state index in [1.807, 2.05) is 50.4 Å². The number of pyridine rings is 1. The third-order valence-corrected chi connectivity index (χ3v) is 5.41. The van der Waals surface area contributed by atoms with Crippen molar-refractivity contribution in [3.05, 3.63) is 66.4 Å². The van der Waals surface area contributed by atoms with Gasteiger partial charge in [-0.05, 0) is 31.2 Å². The van der Waals surface area contributed by atoms with Crippen LogP contribution >= 0.6 is 0 Å². The maximum absolute atomic E-state index is 12.6. The molecule has 6 heteroatoms. The Morgan fingerprint density at radius 3 is 2.38 bits per heavy atom. The van der Waals surface area contributed by atoms with Gasteiger partial charge in [0.05, 0.1) is 12.1 Å². The number of para-hydroxylation sites is 2. The number of halogens is 1. The molecule has 2 aromatic carbocycles. The van der Waals surface area contributed by atoms with E-state index in [9.17, 15) is 4.79 Å². The SMILES string of the molecule is Cc1cc(N2CCN(CC(=O)N(C)c3ccccc3)CC2)c2ccccc2n1.[Cl-]. The van der Waals surface area contributed by atoms with E-state index < -0.39 is 0 Å². The molecule has 3 aromatic rings. The Morgan fingerprint density at radius 2 is 1.66 bits per heavy atom. The lowest BCUT2D eigenvalue weighted by Crippen LogP contribution is -3.00. The van der Waals surface area contributed by atoms with E-state index >= 15 is 0 Å². The van der Waals surface area contributed by atoms with Crippen molar-refractivity contribution in [3.63, 3.8) is 0 Å². The summed E-state index contributed by atoms with van der Waals surface area (Å²) in [6.07, 6.45) is 0. The Morgan fingerprint density at radius 1 is 1.00 bits per heavy atom. The monoisotopic (exact) mass is 409 g/mol. The summed E-state index contributed by atoms with van der Waals surface area (Å²) < 4.78 is 0. The normalized spacial score (nSPS) is 14.5. The van der Waals surface area contributed by atoms with Crippen LogP contribution in [0.4, 0.5) is 11.4 Å². The number of piperazine rings is 1. The van der Waals surface area contributed by atoms with Crippen LogP contribution in [-0.4, -0.2) is 55.6 Å². The Labute approximate surface area is 178 Å². The standard InChI is InChI=1S/C23H26N4O.ClH/c1-18-16-22(20-10-6-7-11-21(20)24-18)27-14-12-26(13-15-27)17-23(28)25(2)19-8-4-3-5-9-19;/h3-11,16H,12-15,17H2,1-2H3;1H/p-1. The highest BCUT2D eigenvalue weighted by molar-refractivity contribution is 5.94. The van der Waals surface area contributed by atoms with Crippen molar-refractivity contribution in [2.75, 3.05) is 49.6 Å². The summed E-state index contributed by atoms with van der Waals surface area (Å²) in [5.41, 5.74) is 4.26. The number of amides is 1. The molecular weight excluding hydrogens is 384 g/mol. The van der Waals surface area contributed by atoms with Gasteiger partial charge < -0.3 is 22.2 Å². The first-order valence-corrected chi connectivity index (χ1v) is 9.77. The first kappa shape index (κ1) is 21.1. The lowest BCUT2D eigenvalue weighted by atomic mass is 10.1. The summed E-state index contributed by atoms with van der Waals surface area (Å²) in [4.78, 5) is 23.7. The van der Waals surface area contributed by atoms with Crippen molar-refractivity contribution >= 4 is 28.2 Å². The van der Waals surface area contributed by atoms with E-state index in [0.717, 1.165) is 43.1 Å². The van der Waals surface area contributed by atoms with Crippen molar-refractivity contribution in [2.24, 2.45) is 0 Å². The fourth-order valence-electron chi connectivity index (χ4n) is 3.79. The minimum Gasteiger partial charge on any atom is -1.00 e. The van der Waals surface area contributed by atoms with Crippen LogP contribution < -0.4 is 22.2 Å². The summed E-state index contributed by atoms with van der Waals surface area (Å²) in [7, 11) is 1.85. The highest BCUT2D eigenvalue weighted by Crippen LogP contribution is 2.27. The Hall–Kier alpha value is -2.63. The molecule has 1 fully saturated rings. The molecule has 0 radical (unpaired) electrons. The zero-order chi connectivity index (χ0) is 19.5. The van der Waals surface area contributed by atoms with Gasteiger partial charge in [-0.1, -0.05) is 36.4 Å². The number of nitrogens with zero attached hydrogens (tertiary/aromatic N) is 4. The molecule has 29 heavy (non-hydrogen) atoms. The van der Waals surface area contributed by atoms with E-state index in [-0.39, 0.29) is 18.3 Å². The van der Waals surface area contributed by atoms with Crippen LogP contribution in [0.5, 0.6) is 0 Å². The van der Waals surface area contributed by atoms with Crippen molar-refractivity contribution in [1.29, 1.82) is 0 Å². The molecule has 2 heterocycles. The number of aryl methyl sites for hydroxylation is 1. The largest absolute Gasteiger partial charge is 1.00 e. The van der Waals surface area contributed by atoms with E-state index in [1.165, 1.54) is 11.1 Å². The van der Waals surface area contributed by atoms with Crippen LogP contribution in [-0.2, 0) is 4.79 Å². The molecule has 0 N–H and O–H groups in total. The fraction of sp³-hybridized carbons (Fsp3) is 0.304. The van der Waals surface area contributed by atoms with Crippen molar-refractivity contribution < 1.29 is 17.2 Å². The van der Waals surface area contributed by atoms with Crippen LogP contribution in [0, 0.1) is 6.92 Å². The number of benzene rings is 2. The number of hydrogen-bond acceptors (Lipinski definition) is 4. The Bertz CT molecular complexity index is 971. The second kappa shape index (κ2) is 9.25. The molecule has 0 unspecified atom stereocenters. The molecule has 0 spiro atoms. The first-order valence-electron chi connectivity index (χ1n) is 9.77. The number of aromatic nitrogens is 1. The molecule has 1 amide bonds. The molecule has 0 bridgehead atoms. The van der Waals surface area contributed by atoms with Crippen molar-refractivity contribution in [1.82, 2.24) is 9.88 Å². The zero-order valence-corrected chi connectivity index (χ0v) is 17.6. The number of anilines is 2. The van der Waals surface area contributed by atoms with E-state index in [1.54, 1.807) is 4.90 Å². The lowest BCUT2D eigenvalue weighted by molar-refractivity contribution is -0.119. The highest BCUT2D eigenvalue weighted by Gasteiger charge is 2.22. The molecule has 1 aliphatic heterocycles. The van der Waals surface area contributed by atoms with Gasteiger partial charge in [-0.3, -0.25) is 14.7 Å². The van der Waals surface area contributed by atoms with Gasteiger partial charge in [0, 0.05) is 55.7 Å². The van der Waals surface area contributed by atoms with E-state index in [0.29, 0.717) is 6.54 Å². The van der Waals surface area contributed by atoms with E-state index in [4.69, 9.17) is 0 Å². The molecule has 0 saturated carbocycles. The van der Waals surface area contributed by atoms with Gasteiger partial charge in [-0.15, -0.1) is 0 Å². The Balaban J connectivity index is 0.00000240. The maximum atomic E-state index is 12.6. The van der Waals surface area contributed by atoms with Gasteiger partial charge >= 0.3 is 0 Å².